The average Bonchev–Trinajstić information content (AvgIpc) is 2.54. The van der Waals surface area contributed by atoms with Gasteiger partial charge in [-0.15, -0.1) is 0 Å². The highest BCUT2D eigenvalue weighted by molar-refractivity contribution is 6.04. The van der Waals surface area contributed by atoms with Crippen molar-refractivity contribution in [2.24, 2.45) is 5.16 Å². The summed E-state index contributed by atoms with van der Waals surface area (Å²) < 4.78 is 0. The second-order valence-electron chi connectivity index (χ2n) is 4.50. The van der Waals surface area contributed by atoms with Crippen molar-refractivity contribution >= 4 is 17.8 Å². The molecule has 108 valence electrons. The van der Waals surface area contributed by atoms with E-state index in [-0.39, 0.29) is 5.91 Å². The van der Waals surface area contributed by atoms with Gasteiger partial charge in [-0.2, -0.15) is 0 Å². The average molecular weight is 282 g/mol. The summed E-state index contributed by atoms with van der Waals surface area (Å²) in [6.45, 7) is 2.06. The molecule has 0 aliphatic heterocycles. The summed E-state index contributed by atoms with van der Waals surface area (Å²) in [7, 11) is 1.49. The predicted octanol–water partition coefficient (Wildman–Crippen LogP) is 3.48. The molecule has 0 atom stereocenters. The molecule has 0 saturated heterocycles. The Morgan fingerprint density at radius 3 is 2.57 bits per heavy atom. The summed E-state index contributed by atoms with van der Waals surface area (Å²) in [5.74, 6) is -0.119. The van der Waals surface area contributed by atoms with Gasteiger partial charge in [0.2, 0.25) is 0 Å². The zero-order chi connectivity index (χ0) is 15.1. The van der Waals surface area contributed by atoms with Crippen LogP contribution in [-0.4, -0.2) is 19.2 Å². The number of nitrogens with one attached hydrogen (secondary N) is 1. The van der Waals surface area contributed by atoms with E-state index in [0.29, 0.717) is 5.56 Å². The topological polar surface area (TPSA) is 50.7 Å². The highest BCUT2D eigenvalue weighted by Crippen LogP contribution is 2.16. The van der Waals surface area contributed by atoms with Crippen molar-refractivity contribution in [2.75, 3.05) is 12.4 Å². The summed E-state index contributed by atoms with van der Waals surface area (Å²) in [6.07, 6.45) is 2.47. The molecule has 0 radical (unpaired) electrons. The van der Waals surface area contributed by atoms with Gasteiger partial charge >= 0.3 is 0 Å². The number of hydrogen-bond donors (Lipinski definition) is 1. The standard InChI is InChI=1S/C17H18N2O2/c1-3-14-6-4-5-7-16(14)19-17(20)15-10-8-13(9-11-15)12-18-21-2/h4-12H,3H2,1-2H3,(H,19,20)/b18-12+. The number of nitrogens with zero attached hydrogens (tertiary/aromatic N) is 1. The summed E-state index contributed by atoms with van der Waals surface area (Å²) in [4.78, 5) is 16.9. The zero-order valence-electron chi connectivity index (χ0n) is 12.2. The molecule has 0 aliphatic rings. The molecule has 0 aromatic heterocycles. The molecule has 1 amide bonds. The molecule has 0 unspecified atom stereocenters. The van der Waals surface area contributed by atoms with E-state index in [2.05, 4.69) is 22.2 Å². The van der Waals surface area contributed by atoms with E-state index in [1.807, 2.05) is 36.4 Å². The van der Waals surface area contributed by atoms with Gasteiger partial charge in [-0.05, 0) is 35.7 Å². The molecule has 0 spiro atoms. The SMILES string of the molecule is CCc1ccccc1NC(=O)c1ccc(/C=N/OC)cc1. The molecule has 0 aliphatic carbocycles. The van der Waals surface area contributed by atoms with E-state index < -0.39 is 0 Å². The summed E-state index contributed by atoms with van der Waals surface area (Å²) in [5, 5.41) is 6.62. The van der Waals surface area contributed by atoms with Gasteiger partial charge < -0.3 is 10.2 Å². The fourth-order valence-electron chi connectivity index (χ4n) is 1.98. The van der Waals surface area contributed by atoms with Crippen LogP contribution < -0.4 is 5.32 Å². The smallest absolute Gasteiger partial charge is 0.255 e. The third kappa shape index (κ3) is 3.92. The normalized spacial score (nSPS) is 10.6. The lowest BCUT2D eigenvalue weighted by molar-refractivity contribution is 0.102. The minimum absolute atomic E-state index is 0.119. The largest absolute Gasteiger partial charge is 0.399 e. The van der Waals surface area contributed by atoms with Crippen LogP contribution in [0.4, 0.5) is 5.69 Å². The van der Waals surface area contributed by atoms with Crippen molar-refractivity contribution in [3.63, 3.8) is 0 Å². The van der Waals surface area contributed by atoms with Gasteiger partial charge in [0, 0.05) is 11.3 Å². The molecule has 4 heteroatoms. The van der Waals surface area contributed by atoms with Crippen LogP contribution in [-0.2, 0) is 11.3 Å². The van der Waals surface area contributed by atoms with Gasteiger partial charge in [0.15, 0.2) is 0 Å². The lowest BCUT2D eigenvalue weighted by Gasteiger charge is -2.09. The first-order chi connectivity index (χ1) is 10.2. The van der Waals surface area contributed by atoms with Crippen LogP contribution in [0.2, 0.25) is 0 Å². The number of para-hydroxylation sites is 1. The van der Waals surface area contributed by atoms with E-state index in [1.165, 1.54) is 7.11 Å². The molecule has 2 aromatic rings. The molecule has 0 fully saturated rings. The summed E-state index contributed by atoms with van der Waals surface area (Å²) >= 11 is 0. The van der Waals surface area contributed by atoms with Crippen molar-refractivity contribution in [3.8, 4) is 0 Å². The summed E-state index contributed by atoms with van der Waals surface area (Å²) in [5.41, 5.74) is 3.46. The molecule has 2 aromatic carbocycles. The molecule has 0 saturated carbocycles. The third-order valence-corrected chi connectivity index (χ3v) is 3.13. The molecule has 4 nitrogen and oxygen atoms in total. The van der Waals surface area contributed by atoms with Crippen LogP contribution in [0.15, 0.2) is 53.7 Å². The Labute approximate surface area is 124 Å². The van der Waals surface area contributed by atoms with Gasteiger partial charge in [-0.3, -0.25) is 4.79 Å². The zero-order valence-corrected chi connectivity index (χ0v) is 12.2. The van der Waals surface area contributed by atoms with Gasteiger partial charge in [0.05, 0.1) is 6.21 Å². The van der Waals surface area contributed by atoms with Gasteiger partial charge in [0.25, 0.3) is 5.91 Å². The highest BCUT2D eigenvalue weighted by Gasteiger charge is 2.07. The highest BCUT2D eigenvalue weighted by atomic mass is 16.6. The minimum atomic E-state index is -0.119. The number of amides is 1. The maximum absolute atomic E-state index is 12.2. The Balaban J connectivity index is 2.11. The number of benzene rings is 2. The number of oxime groups is 1. The van der Waals surface area contributed by atoms with Crippen LogP contribution in [0, 0.1) is 0 Å². The Bertz CT molecular complexity index is 633. The van der Waals surface area contributed by atoms with Crippen LogP contribution in [0.5, 0.6) is 0 Å². The Hall–Kier alpha value is -2.62. The molecule has 0 bridgehead atoms. The van der Waals surface area contributed by atoms with Crippen LogP contribution in [0.1, 0.15) is 28.4 Å². The van der Waals surface area contributed by atoms with E-state index in [0.717, 1.165) is 23.2 Å². The van der Waals surface area contributed by atoms with E-state index in [4.69, 9.17) is 0 Å². The van der Waals surface area contributed by atoms with E-state index in [1.54, 1.807) is 18.3 Å². The Morgan fingerprint density at radius 1 is 1.19 bits per heavy atom. The maximum Gasteiger partial charge on any atom is 0.255 e. The Kier molecular flexibility index (Phi) is 5.10. The second-order valence-corrected chi connectivity index (χ2v) is 4.50. The lowest BCUT2D eigenvalue weighted by Crippen LogP contribution is -2.13. The van der Waals surface area contributed by atoms with Crippen molar-refractivity contribution in [2.45, 2.75) is 13.3 Å². The van der Waals surface area contributed by atoms with Crippen molar-refractivity contribution in [1.29, 1.82) is 0 Å². The number of hydrogen-bond acceptors (Lipinski definition) is 3. The van der Waals surface area contributed by atoms with Crippen LogP contribution >= 0.6 is 0 Å². The number of carbonyl (C=O) groups is 1. The van der Waals surface area contributed by atoms with Gasteiger partial charge in [-0.25, -0.2) is 0 Å². The Morgan fingerprint density at radius 2 is 1.90 bits per heavy atom. The van der Waals surface area contributed by atoms with E-state index >= 15 is 0 Å². The fraction of sp³-hybridized carbons (Fsp3) is 0.176. The van der Waals surface area contributed by atoms with Crippen LogP contribution in [0.3, 0.4) is 0 Å². The lowest BCUT2D eigenvalue weighted by atomic mass is 10.1. The number of anilines is 1. The first-order valence-electron chi connectivity index (χ1n) is 6.80. The second kappa shape index (κ2) is 7.24. The monoisotopic (exact) mass is 282 g/mol. The summed E-state index contributed by atoms with van der Waals surface area (Å²) in [6, 6.07) is 15.0. The molecular formula is C17H18N2O2. The first kappa shape index (κ1) is 14.8. The van der Waals surface area contributed by atoms with Crippen molar-refractivity contribution < 1.29 is 9.63 Å². The number of rotatable bonds is 5. The number of carbonyl (C=O) groups excluding carboxylic acids is 1. The predicted molar refractivity (Wildman–Crippen MR) is 84.8 cm³/mol. The fourth-order valence-corrected chi connectivity index (χ4v) is 1.98. The minimum Gasteiger partial charge on any atom is -0.399 e. The third-order valence-electron chi connectivity index (χ3n) is 3.13. The van der Waals surface area contributed by atoms with Gasteiger partial charge in [0.1, 0.15) is 7.11 Å². The number of aryl methyl sites for hydroxylation is 1. The first-order valence-corrected chi connectivity index (χ1v) is 6.80. The van der Waals surface area contributed by atoms with Crippen molar-refractivity contribution in [1.82, 2.24) is 0 Å². The molecule has 21 heavy (non-hydrogen) atoms. The van der Waals surface area contributed by atoms with Crippen LogP contribution in [0.25, 0.3) is 0 Å². The molecule has 0 heterocycles. The maximum atomic E-state index is 12.2. The molecule has 2 rings (SSSR count). The van der Waals surface area contributed by atoms with Crippen molar-refractivity contribution in [3.05, 3.63) is 65.2 Å². The van der Waals surface area contributed by atoms with E-state index in [9.17, 15) is 4.79 Å². The van der Waals surface area contributed by atoms with Gasteiger partial charge in [-0.1, -0.05) is 42.4 Å². The molecular weight excluding hydrogens is 264 g/mol. The quantitative estimate of drug-likeness (QED) is 0.674. The molecule has 1 N–H and O–H groups in total.